The highest BCUT2D eigenvalue weighted by Gasteiger charge is 2.41. The van der Waals surface area contributed by atoms with Crippen LogP contribution in [0.4, 0.5) is 0 Å². The van der Waals surface area contributed by atoms with Crippen LogP contribution in [0.5, 0.6) is 0 Å². The number of hydrogen-bond donors (Lipinski definition) is 0. The molecule has 31 heavy (non-hydrogen) atoms. The fourth-order valence-corrected chi connectivity index (χ4v) is 4.28. The van der Waals surface area contributed by atoms with E-state index >= 15 is 0 Å². The van der Waals surface area contributed by atoms with Gasteiger partial charge in [0.05, 0.1) is 17.7 Å². The molecule has 2 aliphatic rings. The molecule has 0 bridgehead atoms. The van der Waals surface area contributed by atoms with Gasteiger partial charge in [0.15, 0.2) is 5.78 Å². The van der Waals surface area contributed by atoms with E-state index in [2.05, 4.69) is 4.98 Å². The maximum Gasteiger partial charge on any atom is 0.256 e. The zero-order chi connectivity index (χ0) is 22.3. The van der Waals surface area contributed by atoms with Crippen molar-refractivity contribution in [2.24, 2.45) is 5.41 Å². The highest BCUT2D eigenvalue weighted by molar-refractivity contribution is 6.30. The van der Waals surface area contributed by atoms with E-state index in [1.54, 1.807) is 34.2 Å². The normalized spacial score (nSPS) is 19.0. The van der Waals surface area contributed by atoms with E-state index in [1.807, 2.05) is 32.9 Å². The number of hydrogen-bond acceptors (Lipinski definition) is 4. The first-order chi connectivity index (χ1) is 14.6. The van der Waals surface area contributed by atoms with Crippen molar-refractivity contribution in [2.75, 3.05) is 19.6 Å². The Morgan fingerprint density at radius 1 is 1.13 bits per heavy atom. The molecule has 4 rings (SSSR count). The van der Waals surface area contributed by atoms with Gasteiger partial charge in [0.2, 0.25) is 5.91 Å². The summed E-state index contributed by atoms with van der Waals surface area (Å²) in [6, 6.07) is 8.51. The highest BCUT2D eigenvalue weighted by Crippen LogP contribution is 2.28. The molecule has 7 heteroatoms. The van der Waals surface area contributed by atoms with E-state index in [9.17, 15) is 14.4 Å². The van der Waals surface area contributed by atoms with Crippen molar-refractivity contribution >= 4 is 29.2 Å². The molecule has 0 N–H and O–H groups in total. The SMILES string of the molecule is CC(C)(C)CC(=O)N1CCN2C(=O)c3cc(-c4ccc(Cl)cc4)cnc3CC(=O)C2C1. The van der Waals surface area contributed by atoms with Crippen LogP contribution in [0.3, 0.4) is 0 Å². The maximum atomic E-state index is 13.4. The van der Waals surface area contributed by atoms with Crippen molar-refractivity contribution in [1.29, 1.82) is 0 Å². The lowest BCUT2D eigenvalue weighted by atomic mass is 9.91. The minimum Gasteiger partial charge on any atom is -0.338 e. The van der Waals surface area contributed by atoms with Gasteiger partial charge in [-0.05, 0) is 29.2 Å². The van der Waals surface area contributed by atoms with Crippen LogP contribution in [0.25, 0.3) is 11.1 Å². The van der Waals surface area contributed by atoms with Gasteiger partial charge in [-0.15, -0.1) is 0 Å². The number of ketones is 1. The number of amides is 2. The Hall–Kier alpha value is -2.73. The Morgan fingerprint density at radius 3 is 2.52 bits per heavy atom. The van der Waals surface area contributed by atoms with Crippen LogP contribution in [0.1, 0.15) is 43.2 Å². The van der Waals surface area contributed by atoms with Crippen molar-refractivity contribution in [2.45, 2.75) is 39.7 Å². The van der Waals surface area contributed by atoms with Gasteiger partial charge < -0.3 is 9.80 Å². The molecule has 2 aliphatic heterocycles. The van der Waals surface area contributed by atoms with Gasteiger partial charge in [0.25, 0.3) is 5.91 Å². The Morgan fingerprint density at radius 2 is 1.84 bits per heavy atom. The Balaban J connectivity index is 1.60. The topological polar surface area (TPSA) is 70.6 Å². The number of carbonyl (C=O) groups is 3. The van der Waals surface area contributed by atoms with Gasteiger partial charge in [-0.1, -0.05) is 44.5 Å². The summed E-state index contributed by atoms with van der Waals surface area (Å²) in [7, 11) is 0. The summed E-state index contributed by atoms with van der Waals surface area (Å²) in [6.45, 7) is 7.07. The second-order valence-corrected chi connectivity index (χ2v) is 9.90. The molecule has 1 atom stereocenters. The molecule has 0 radical (unpaired) electrons. The minimum absolute atomic E-state index is 0.0253. The number of halogens is 1. The van der Waals surface area contributed by atoms with Gasteiger partial charge in [0, 0.05) is 42.8 Å². The molecular formula is C24H26ClN3O3. The van der Waals surface area contributed by atoms with Crippen molar-refractivity contribution in [1.82, 2.24) is 14.8 Å². The van der Waals surface area contributed by atoms with Crippen molar-refractivity contribution in [3.63, 3.8) is 0 Å². The smallest absolute Gasteiger partial charge is 0.256 e. The van der Waals surface area contributed by atoms with Gasteiger partial charge >= 0.3 is 0 Å². The molecule has 0 spiro atoms. The van der Waals surface area contributed by atoms with Gasteiger partial charge in [-0.25, -0.2) is 0 Å². The van der Waals surface area contributed by atoms with Crippen LogP contribution < -0.4 is 0 Å². The monoisotopic (exact) mass is 439 g/mol. The molecule has 2 amide bonds. The van der Waals surface area contributed by atoms with Crippen LogP contribution in [0.15, 0.2) is 36.5 Å². The molecule has 1 saturated heterocycles. The first-order valence-electron chi connectivity index (χ1n) is 10.5. The predicted octanol–water partition coefficient (Wildman–Crippen LogP) is 3.62. The zero-order valence-electron chi connectivity index (χ0n) is 18.0. The number of aromatic nitrogens is 1. The number of benzene rings is 1. The number of piperazine rings is 1. The van der Waals surface area contributed by atoms with Crippen LogP contribution in [-0.2, 0) is 16.0 Å². The van der Waals surface area contributed by atoms with Crippen molar-refractivity contribution in [3.05, 3.63) is 52.8 Å². The van der Waals surface area contributed by atoms with E-state index in [0.29, 0.717) is 35.8 Å². The lowest BCUT2D eigenvalue weighted by molar-refractivity contribution is -0.137. The average molecular weight is 440 g/mol. The molecule has 2 aromatic rings. The second kappa shape index (κ2) is 8.08. The fourth-order valence-electron chi connectivity index (χ4n) is 4.15. The Labute approximate surface area is 187 Å². The lowest BCUT2D eigenvalue weighted by Gasteiger charge is -2.40. The van der Waals surface area contributed by atoms with E-state index in [-0.39, 0.29) is 36.0 Å². The molecule has 162 valence electrons. The molecule has 1 fully saturated rings. The summed E-state index contributed by atoms with van der Waals surface area (Å²) < 4.78 is 0. The van der Waals surface area contributed by atoms with Crippen LogP contribution in [0, 0.1) is 5.41 Å². The molecule has 6 nitrogen and oxygen atoms in total. The first-order valence-corrected chi connectivity index (χ1v) is 10.9. The minimum atomic E-state index is -0.627. The number of nitrogens with zero attached hydrogens (tertiary/aromatic N) is 3. The molecule has 1 aromatic heterocycles. The molecule has 3 heterocycles. The van der Waals surface area contributed by atoms with E-state index < -0.39 is 6.04 Å². The standard InChI is InChI=1S/C24H26ClN3O3/c1-24(2,3)12-22(30)27-8-9-28-20(14-27)21(29)11-19-18(23(28)31)10-16(13-26-19)15-4-6-17(25)7-5-15/h4-7,10,13,20H,8-9,11-12,14H2,1-3H3. The number of rotatable bonds is 2. The molecular weight excluding hydrogens is 414 g/mol. The molecule has 1 unspecified atom stereocenters. The first kappa shape index (κ1) is 21.5. The van der Waals surface area contributed by atoms with Crippen LogP contribution in [-0.4, -0.2) is 58.1 Å². The third-order valence-corrected chi connectivity index (χ3v) is 6.02. The third-order valence-electron chi connectivity index (χ3n) is 5.77. The lowest BCUT2D eigenvalue weighted by Crippen LogP contribution is -2.59. The number of Topliss-reactive ketones (excluding diaryl/α,β-unsaturated/α-hetero) is 1. The fraction of sp³-hybridized carbons (Fsp3) is 0.417. The Bertz CT molecular complexity index is 1040. The maximum absolute atomic E-state index is 13.4. The number of carbonyl (C=O) groups excluding carboxylic acids is 3. The van der Waals surface area contributed by atoms with Crippen molar-refractivity contribution in [3.8, 4) is 11.1 Å². The van der Waals surface area contributed by atoms with E-state index in [1.165, 1.54) is 0 Å². The summed E-state index contributed by atoms with van der Waals surface area (Å²) in [5, 5.41) is 0.634. The largest absolute Gasteiger partial charge is 0.338 e. The summed E-state index contributed by atoms with van der Waals surface area (Å²) in [6.07, 6.45) is 2.19. The molecule has 0 saturated carbocycles. The van der Waals surface area contributed by atoms with Gasteiger partial charge in [-0.3, -0.25) is 19.4 Å². The molecule has 1 aromatic carbocycles. The average Bonchev–Trinajstić information content (AvgIpc) is 2.82. The summed E-state index contributed by atoms with van der Waals surface area (Å²) >= 11 is 5.98. The van der Waals surface area contributed by atoms with E-state index in [4.69, 9.17) is 11.6 Å². The highest BCUT2D eigenvalue weighted by atomic mass is 35.5. The number of fused-ring (bicyclic) bond motifs is 2. The summed E-state index contributed by atoms with van der Waals surface area (Å²) in [5.41, 5.74) is 2.52. The second-order valence-electron chi connectivity index (χ2n) is 9.46. The predicted molar refractivity (Wildman–Crippen MR) is 119 cm³/mol. The number of pyridine rings is 1. The van der Waals surface area contributed by atoms with Crippen LogP contribution >= 0.6 is 11.6 Å². The third kappa shape index (κ3) is 4.49. The van der Waals surface area contributed by atoms with Gasteiger partial charge in [-0.2, -0.15) is 0 Å². The van der Waals surface area contributed by atoms with E-state index in [0.717, 1.165) is 11.1 Å². The zero-order valence-corrected chi connectivity index (χ0v) is 18.8. The molecule has 0 aliphatic carbocycles. The van der Waals surface area contributed by atoms with Crippen molar-refractivity contribution < 1.29 is 14.4 Å². The Kier molecular flexibility index (Phi) is 5.60. The summed E-state index contributed by atoms with van der Waals surface area (Å²) in [5.74, 6) is -0.249. The van der Waals surface area contributed by atoms with Gasteiger partial charge in [0.1, 0.15) is 6.04 Å². The summed E-state index contributed by atoms with van der Waals surface area (Å²) in [4.78, 5) is 46.9. The van der Waals surface area contributed by atoms with Crippen LogP contribution in [0.2, 0.25) is 5.02 Å². The quantitative estimate of drug-likeness (QED) is 0.716.